The Morgan fingerprint density at radius 3 is 3.23 bits per heavy atom. The summed E-state index contributed by atoms with van der Waals surface area (Å²) in [4.78, 5) is 10.9. The Morgan fingerprint density at radius 1 is 1.77 bits per heavy atom. The second-order valence-electron chi connectivity index (χ2n) is 3.35. The van der Waals surface area contributed by atoms with E-state index in [1.165, 1.54) is 0 Å². The van der Waals surface area contributed by atoms with Crippen LogP contribution in [0.3, 0.4) is 0 Å². The molecule has 1 aliphatic heterocycles. The third-order valence-corrected chi connectivity index (χ3v) is 2.55. The van der Waals surface area contributed by atoms with E-state index in [0.717, 1.165) is 17.8 Å². The van der Waals surface area contributed by atoms with Gasteiger partial charge >= 0.3 is 5.97 Å². The van der Waals surface area contributed by atoms with Gasteiger partial charge in [-0.1, -0.05) is 0 Å². The monoisotopic (exact) mass is 180 g/mol. The van der Waals surface area contributed by atoms with Crippen molar-refractivity contribution < 1.29 is 9.90 Å². The summed E-state index contributed by atoms with van der Waals surface area (Å²) >= 11 is 0. The molecule has 0 bridgehead atoms. The minimum absolute atomic E-state index is 0.384. The summed E-state index contributed by atoms with van der Waals surface area (Å²) in [6, 6.07) is 1.90. The minimum atomic E-state index is -0.750. The highest BCUT2D eigenvalue weighted by molar-refractivity contribution is 5.77. The maximum atomic E-state index is 10.9. The van der Waals surface area contributed by atoms with Gasteiger partial charge in [0.1, 0.15) is 0 Å². The summed E-state index contributed by atoms with van der Waals surface area (Å²) in [6.45, 7) is 1.30. The molecule has 1 atom stereocenters. The SMILES string of the molecule is Cn1ccc2c1CNCC2C(=O)O. The molecule has 1 aromatic heterocycles. The van der Waals surface area contributed by atoms with Crippen molar-refractivity contribution in [2.24, 2.45) is 7.05 Å². The zero-order chi connectivity index (χ0) is 9.42. The number of rotatable bonds is 1. The number of nitrogens with one attached hydrogen (secondary N) is 1. The lowest BCUT2D eigenvalue weighted by Gasteiger charge is -2.21. The third-order valence-electron chi connectivity index (χ3n) is 2.55. The van der Waals surface area contributed by atoms with Crippen LogP contribution in [0.5, 0.6) is 0 Å². The first kappa shape index (κ1) is 8.31. The van der Waals surface area contributed by atoms with Crippen molar-refractivity contribution in [3.63, 3.8) is 0 Å². The van der Waals surface area contributed by atoms with Crippen LogP contribution in [0.1, 0.15) is 17.2 Å². The number of hydrogen-bond acceptors (Lipinski definition) is 2. The average molecular weight is 180 g/mol. The lowest BCUT2D eigenvalue weighted by molar-refractivity contribution is -0.138. The molecule has 2 rings (SSSR count). The van der Waals surface area contributed by atoms with Gasteiger partial charge in [-0.25, -0.2) is 0 Å². The highest BCUT2D eigenvalue weighted by atomic mass is 16.4. The van der Waals surface area contributed by atoms with Crippen molar-refractivity contribution in [1.29, 1.82) is 0 Å². The van der Waals surface area contributed by atoms with Crippen molar-refractivity contribution >= 4 is 5.97 Å². The quantitative estimate of drug-likeness (QED) is 0.653. The van der Waals surface area contributed by atoms with E-state index in [1.807, 2.05) is 23.9 Å². The smallest absolute Gasteiger partial charge is 0.312 e. The molecule has 0 aromatic carbocycles. The lowest BCUT2D eigenvalue weighted by Crippen LogP contribution is -2.32. The van der Waals surface area contributed by atoms with Crippen LogP contribution in [0, 0.1) is 0 Å². The van der Waals surface area contributed by atoms with Crippen molar-refractivity contribution in [1.82, 2.24) is 9.88 Å². The molecule has 1 aromatic rings. The van der Waals surface area contributed by atoms with Crippen LogP contribution in [0.15, 0.2) is 12.3 Å². The Labute approximate surface area is 76.2 Å². The van der Waals surface area contributed by atoms with Gasteiger partial charge in [-0.2, -0.15) is 0 Å². The highest BCUT2D eigenvalue weighted by Crippen LogP contribution is 2.24. The van der Waals surface area contributed by atoms with Crippen LogP contribution in [0.2, 0.25) is 0 Å². The Balaban J connectivity index is 2.43. The molecular weight excluding hydrogens is 168 g/mol. The van der Waals surface area contributed by atoms with Gasteiger partial charge in [0.2, 0.25) is 0 Å². The van der Waals surface area contributed by atoms with Gasteiger partial charge in [-0.3, -0.25) is 4.79 Å². The largest absolute Gasteiger partial charge is 0.481 e. The molecule has 0 spiro atoms. The van der Waals surface area contributed by atoms with Crippen LogP contribution < -0.4 is 5.32 Å². The van der Waals surface area contributed by atoms with E-state index in [4.69, 9.17) is 5.11 Å². The van der Waals surface area contributed by atoms with E-state index in [2.05, 4.69) is 5.32 Å². The number of hydrogen-bond donors (Lipinski definition) is 2. The number of aromatic nitrogens is 1. The zero-order valence-electron chi connectivity index (χ0n) is 7.45. The van der Waals surface area contributed by atoms with Gasteiger partial charge < -0.3 is 15.0 Å². The Morgan fingerprint density at radius 2 is 2.54 bits per heavy atom. The molecule has 0 saturated heterocycles. The number of carboxylic acids is 1. The Kier molecular flexibility index (Phi) is 1.84. The van der Waals surface area contributed by atoms with E-state index in [9.17, 15) is 4.79 Å². The summed E-state index contributed by atoms with van der Waals surface area (Å²) in [5.41, 5.74) is 2.03. The van der Waals surface area contributed by atoms with Gasteiger partial charge in [0.25, 0.3) is 0 Å². The fraction of sp³-hybridized carbons (Fsp3) is 0.444. The molecular formula is C9H12N2O2. The maximum Gasteiger partial charge on any atom is 0.312 e. The first-order chi connectivity index (χ1) is 6.20. The third kappa shape index (κ3) is 1.23. The van der Waals surface area contributed by atoms with Crippen LogP contribution in [-0.4, -0.2) is 22.2 Å². The van der Waals surface area contributed by atoms with Crippen molar-refractivity contribution in [2.45, 2.75) is 12.5 Å². The van der Waals surface area contributed by atoms with E-state index in [-0.39, 0.29) is 5.92 Å². The zero-order valence-corrected chi connectivity index (χ0v) is 7.45. The topological polar surface area (TPSA) is 54.3 Å². The molecule has 0 saturated carbocycles. The molecule has 1 aliphatic rings. The van der Waals surface area contributed by atoms with Crippen molar-refractivity contribution in [2.75, 3.05) is 6.54 Å². The molecule has 0 radical (unpaired) electrons. The van der Waals surface area contributed by atoms with Gasteiger partial charge in [0.05, 0.1) is 5.92 Å². The van der Waals surface area contributed by atoms with Gasteiger partial charge in [-0.15, -0.1) is 0 Å². The molecule has 0 amide bonds. The number of aliphatic carboxylic acids is 1. The second-order valence-corrected chi connectivity index (χ2v) is 3.35. The Hall–Kier alpha value is -1.29. The molecule has 13 heavy (non-hydrogen) atoms. The van der Waals surface area contributed by atoms with Gasteiger partial charge in [0.15, 0.2) is 0 Å². The van der Waals surface area contributed by atoms with E-state index >= 15 is 0 Å². The van der Waals surface area contributed by atoms with Crippen LogP contribution in [0.4, 0.5) is 0 Å². The van der Waals surface area contributed by atoms with Gasteiger partial charge in [-0.05, 0) is 11.6 Å². The first-order valence-electron chi connectivity index (χ1n) is 4.28. The molecule has 4 nitrogen and oxygen atoms in total. The molecule has 1 unspecified atom stereocenters. The number of carbonyl (C=O) groups is 1. The summed E-state index contributed by atoms with van der Waals surface area (Å²) in [6.07, 6.45) is 1.91. The Bertz CT molecular complexity index is 343. The van der Waals surface area contributed by atoms with E-state index < -0.39 is 5.97 Å². The van der Waals surface area contributed by atoms with Crippen LogP contribution >= 0.6 is 0 Å². The predicted molar refractivity (Wildman–Crippen MR) is 47.5 cm³/mol. The standard InChI is InChI=1S/C9H12N2O2/c1-11-3-2-6-7(9(12)13)4-10-5-8(6)11/h2-3,7,10H,4-5H2,1H3,(H,12,13). The number of carboxylic acid groups (broad SMARTS) is 1. The molecule has 0 aliphatic carbocycles. The van der Waals surface area contributed by atoms with Crippen molar-refractivity contribution in [3.05, 3.63) is 23.5 Å². The summed E-state index contributed by atoms with van der Waals surface area (Å²) < 4.78 is 1.97. The van der Waals surface area contributed by atoms with Crippen LogP contribution in [-0.2, 0) is 18.4 Å². The second kappa shape index (κ2) is 2.88. The maximum absolute atomic E-state index is 10.9. The number of nitrogens with zero attached hydrogens (tertiary/aromatic N) is 1. The minimum Gasteiger partial charge on any atom is -0.481 e. The van der Waals surface area contributed by atoms with Gasteiger partial charge in [0, 0.05) is 32.0 Å². The molecule has 2 N–H and O–H groups in total. The molecule has 70 valence electrons. The molecule has 0 fully saturated rings. The summed E-state index contributed by atoms with van der Waals surface area (Å²) in [7, 11) is 1.94. The summed E-state index contributed by atoms with van der Waals surface area (Å²) in [5, 5.41) is 12.0. The predicted octanol–water partition coefficient (Wildman–Crippen LogP) is 0.296. The van der Waals surface area contributed by atoms with Crippen LogP contribution in [0.25, 0.3) is 0 Å². The fourth-order valence-corrected chi connectivity index (χ4v) is 1.79. The summed E-state index contributed by atoms with van der Waals surface area (Å²) in [5.74, 6) is -1.13. The number of aryl methyl sites for hydroxylation is 1. The molecule has 4 heteroatoms. The highest BCUT2D eigenvalue weighted by Gasteiger charge is 2.27. The average Bonchev–Trinajstić information content (AvgIpc) is 2.48. The number of fused-ring (bicyclic) bond motifs is 1. The van der Waals surface area contributed by atoms with E-state index in [1.54, 1.807) is 0 Å². The lowest BCUT2D eigenvalue weighted by atomic mass is 9.96. The molecule has 2 heterocycles. The normalized spacial score (nSPS) is 21.2. The first-order valence-corrected chi connectivity index (χ1v) is 4.28. The van der Waals surface area contributed by atoms with E-state index in [0.29, 0.717) is 6.54 Å². The fourth-order valence-electron chi connectivity index (χ4n) is 1.79. The van der Waals surface area contributed by atoms with Crippen molar-refractivity contribution in [3.8, 4) is 0 Å².